The van der Waals surface area contributed by atoms with Gasteiger partial charge in [0, 0.05) is 11.4 Å². The van der Waals surface area contributed by atoms with Crippen LogP contribution in [0.1, 0.15) is 12.8 Å². The maximum absolute atomic E-state index is 12.1. The van der Waals surface area contributed by atoms with Gasteiger partial charge in [-0.1, -0.05) is 36.4 Å². The van der Waals surface area contributed by atoms with Crippen molar-refractivity contribution in [1.82, 2.24) is 5.32 Å². The zero-order chi connectivity index (χ0) is 21.2. The first kappa shape index (κ1) is 21.6. The smallest absolute Gasteiger partial charge is 0.321 e. The molecular weight excluding hydrogens is 378 g/mol. The Labute approximate surface area is 166 Å². The van der Waals surface area contributed by atoms with Crippen molar-refractivity contribution in [3.8, 4) is 0 Å². The fraction of sp³-hybridized carbons (Fsp3) is 0.200. The Morgan fingerprint density at radius 2 is 1.00 bits per heavy atom. The topological polar surface area (TPSA) is 145 Å². The fourth-order valence-electron chi connectivity index (χ4n) is 2.52. The third kappa shape index (κ3) is 7.43. The molecule has 0 saturated carbocycles. The van der Waals surface area contributed by atoms with Gasteiger partial charge in [-0.25, -0.2) is 0 Å². The van der Waals surface area contributed by atoms with Crippen LogP contribution in [0.2, 0.25) is 0 Å². The van der Waals surface area contributed by atoms with E-state index >= 15 is 0 Å². The van der Waals surface area contributed by atoms with Crippen molar-refractivity contribution in [2.75, 3.05) is 10.6 Å². The van der Waals surface area contributed by atoms with Crippen LogP contribution in [0, 0.1) is 0 Å². The van der Waals surface area contributed by atoms with E-state index in [4.69, 9.17) is 0 Å². The van der Waals surface area contributed by atoms with E-state index in [0.717, 1.165) is 0 Å². The predicted octanol–water partition coefficient (Wildman–Crippen LogP) is 1.54. The lowest BCUT2D eigenvalue weighted by Gasteiger charge is -2.20. The lowest BCUT2D eigenvalue weighted by Crippen LogP contribution is -2.49. The van der Waals surface area contributed by atoms with E-state index < -0.39 is 48.7 Å². The summed E-state index contributed by atoms with van der Waals surface area (Å²) in [6, 6.07) is 13.9. The van der Waals surface area contributed by atoms with Crippen LogP contribution in [0.3, 0.4) is 0 Å². The first-order valence-corrected chi connectivity index (χ1v) is 8.76. The van der Waals surface area contributed by atoms with Crippen LogP contribution in [0.5, 0.6) is 0 Å². The van der Waals surface area contributed by atoms with Crippen LogP contribution in [0.25, 0.3) is 0 Å². The first-order valence-electron chi connectivity index (χ1n) is 8.76. The van der Waals surface area contributed by atoms with E-state index in [0.29, 0.717) is 11.4 Å². The summed E-state index contributed by atoms with van der Waals surface area (Å²) >= 11 is 0. The van der Waals surface area contributed by atoms with E-state index in [1.165, 1.54) is 0 Å². The molecule has 9 nitrogen and oxygen atoms in total. The molecule has 2 aromatic rings. The van der Waals surface area contributed by atoms with Crippen molar-refractivity contribution >= 4 is 35.1 Å². The van der Waals surface area contributed by atoms with E-state index in [1.54, 1.807) is 60.7 Å². The van der Waals surface area contributed by atoms with Crippen molar-refractivity contribution in [2.45, 2.75) is 24.9 Å². The van der Waals surface area contributed by atoms with Gasteiger partial charge in [-0.2, -0.15) is 0 Å². The molecule has 2 atom stereocenters. The molecule has 0 aliphatic heterocycles. The number of benzene rings is 2. The second-order valence-electron chi connectivity index (χ2n) is 6.18. The van der Waals surface area contributed by atoms with Gasteiger partial charge in [0.05, 0.1) is 12.8 Å². The lowest BCUT2D eigenvalue weighted by molar-refractivity contribution is -0.144. The minimum absolute atomic E-state index is 0.485. The Morgan fingerprint density at radius 1 is 0.655 bits per heavy atom. The number of nitrogens with one attached hydrogen (secondary N) is 3. The van der Waals surface area contributed by atoms with Gasteiger partial charge in [-0.3, -0.25) is 24.5 Å². The standard InChI is InChI=1S/C20H21N3O6/c24-17(21-13-7-3-1-4-8-13)11-15(19(26)27)23-16(20(28)29)12-18(25)22-14-9-5-2-6-10-14/h1-10,15-16,23H,11-12H2,(H,21,24)(H,22,25)(H,26,27)(H,28,29)/t15-,16+. The Kier molecular flexibility index (Phi) is 7.87. The number of carboxylic acid groups (broad SMARTS) is 2. The van der Waals surface area contributed by atoms with Gasteiger partial charge in [0.25, 0.3) is 0 Å². The Bertz CT molecular complexity index is 786. The fourth-order valence-corrected chi connectivity index (χ4v) is 2.52. The highest BCUT2D eigenvalue weighted by Crippen LogP contribution is 2.09. The number of amides is 2. The molecular formula is C20H21N3O6. The molecule has 0 fully saturated rings. The number of carboxylic acids is 2. The van der Waals surface area contributed by atoms with Crippen molar-refractivity contribution in [3.63, 3.8) is 0 Å². The average Bonchev–Trinajstić information content (AvgIpc) is 2.68. The van der Waals surface area contributed by atoms with Crippen LogP contribution in [-0.4, -0.2) is 46.0 Å². The number of carbonyl (C=O) groups excluding carboxylic acids is 2. The highest BCUT2D eigenvalue weighted by molar-refractivity contribution is 5.95. The third-order valence-electron chi connectivity index (χ3n) is 3.89. The normalized spacial score (nSPS) is 12.4. The van der Waals surface area contributed by atoms with Crippen LogP contribution < -0.4 is 16.0 Å². The Morgan fingerprint density at radius 3 is 1.31 bits per heavy atom. The maximum Gasteiger partial charge on any atom is 0.321 e. The maximum atomic E-state index is 12.1. The minimum atomic E-state index is -1.48. The molecule has 152 valence electrons. The molecule has 2 aromatic carbocycles. The average molecular weight is 399 g/mol. The van der Waals surface area contributed by atoms with Crippen LogP contribution >= 0.6 is 0 Å². The number of hydrogen-bond acceptors (Lipinski definition) is 5. The van der Waals surface area contributed by atoms with E-state index in [1.807, 2.05) is 0 Å². The molecule has 0 aromatic heterocycles. The predicted molar refractivity (Wildman–Crippen MR) is 105 cm³/mol. The molecule has 0 spiro atoms. The zero-order valence-corrected chi connectivity index (χ0v) is 15.4. The molecule has 0 radical (unpaired) electrons. The summed E-state index contributed by atoms with van der Waals surface area (Å²) in [7, 11) is 0. The number of anilines is 2. The van der Waals surface area contributed by atoms with Crippen molar-refractivity contribution < 1.29 is 29.4 Å². The van der Waals surface area contributed by atoms with E-state index in [-0.39, 0.29) is 0 Å². The molecule has 9 heteroatoms. The minimum Gasteiger partial charge on any atom is -0.480 e. The second-order valence-corrected chi connectivity index (χ2v) is 6.18. The molecule has 29 heavy (non-hydrogen) atoms. The van der Waals surface area contributed by atoms with Gasteiger partial charge in [0.2, 0.25) is 11.8 Å². The Balaban J connectivity index is 1.97. The van der Waals surface area contributed by atoms with Crippen molar-refractivity contribution in [3.05, 3.63) is 60.7 Å². The molecule has 2 amide bonds. The molecule has 5 N–H and O–H groups in total. The number of aliphatic carboxylic acids is 2. The van der Waals surface area contributed by atoms with Gasteiger partial charge in [0.15, 0.2) is 0 Å². The van der Waals surface area contributed by atoms with Gasteiger partial charge in [-0.05, 0) is 24.3 Å². The van der Waals surface area contributed by atoms with E-state index in [9.17, 15) is 29.4 Å². The van der Waals surface area contributed by atoms with Crippen molar-refractivity contribution in [1.29, 1.82) is 0 Å². The molecule has 0 unspecified atom stereocenters. The summed E-state index contributed by atoms with van der Waals surface area (Å²) in [4.78, 5) is 47.2. The summed E-state index contributed by atoms with van der Waals surface area (Å²) in [5.41, 5.74) is 0.970. The molecule has 2 rings (SSSR count). The van der Waals surface area contributed by atoms with Gasteiger partial charge in [0.1, 0.15) is 12.1 Å². The monoisotopic (exact) mass is 399 g/mol. The molecule has 0 saturated heterocycles. The quantitative estimate of drug-likeness (QED) is 0.407. The first-order chi connectivity index (χ1) is 13.8. The summed E-state index contributed by atoms with van der Waals surface area (Å²) in [6.45, 7) is 0. The van der Waals surface area contributed by atoms with Gasteiger partial charge < -0.3 is 20.8 Å². The summed E-state index contributed by atoms with van der Waals surface area (Å²) < 4.78 is 0. The van der Waals surface area contributed by atoms with Crippen molar-refractivity contribution in [2.24, 2.45) is 0 Å². The zero-order valence-electron chi connectivity index (χ0n) is 15.4. The summed E-state index contributed by atoms with van der Waals surface area (Å²) in [6.07, 6.45) is -1.01. The van der Waals surface area contributed by atoms with Crippen LogP contribution in [0.4, 0.5) is 11.4 Å². The molecule has 0 aliphatic rings. The van der Waals surface area contributed by atoms with E-state index in [2.05, 4.69) is 16.0 Å². The Hall–Kier alpha value is -3.72. The number of para-hydroxylation sites is 2. The number of rotatable bonds is 10. The molecule has 0 bridgehead atoms. The SMILES string of the molecule is O=C(C[C@H](N[C@H](CC(=O)Nc1ccccc1)C(=O)O)C(=O)O)Nc1ccccc1. The highest BCUT2D eigenvalue weighted by atomic mass is 16.4. The third-order valence-corrected chi connectivity index (χ3v) is 3.89. The van der Waals surface area contributed by atoms with Gasteiger partial charge >= 0.3 is 11.9 Å². The summed E-state index contributed by atoms with van der Waals surface area (Å²) in [5, 5.41) is 26.1. The van der Waals surface area contributed by atoms with Gasteiger partial charge in [-0.15, -0.1) is 0 Å². The van der Waals surface area contributed by atoms with Crippen LogP contribution in [-0.2, 0) is 19.2 Å². The molecule has 0 aliphatic carbocycles. The largest absolute Gasteiger partial charge is 0.480 e. The summed E-state index contributed by atoms with van der Waals surface area (Å²) in [5.74, 6) is -4.01. The lowest BCUT2D eigenvalue weighted by atomic mass is 10.1. The molecule has 0 heterocycles. The van der Waals surface area contributed by atoms with Crippen LogP contribution in [0.15, 0.2) is 60.7 Å². The number of hydrogen-bond donors (Lipinski definition) is 5. The second kappa shape index (κ2) is 10.6. The highest BCUT2D eigenvalue weighted by Gasteiger charge is 2.29. The number of carbonyl (C=O) groups is 4.